The van der Waals surface area contributed by atoms with Crippen LogP contribution in [-0.4, -0.2) is 11.8 Å². The van der Waals surface area contributed by atoms with Gasteiger partial charge >= 0.3 is 0 Å². The van der Waals surface area contributed by atoms with E-state index in [2.05, 4.69) is 10.6 Å². The highest BCUT2D eigenvalue weighted by molar-refractivity contribution is 5.88. The summed E-state index contributed by atoms with van der Waals surface area (Å²) in [4.78, 5) is 22.9. The molecule has 110 valence electrons. The molecule has 1 heterocycles. The Morgan fingerprint density at radius 1 is 1.19 bits per heavy atom. The molecule has 1 aromatic carbocycles. The Labute approximate surface area is 123 Å². The second-order valence-electron chi connectivity index (χ2n) is 4.86. The zero-order valence-electron chi connectivity index (χ0n) is 12.1. The fourth-order valence-electron chi connectivity index (χ4n) is 2.00. The lowest BCUT2D eigenvalue weighted by Gasteiger charge is -2.11. The smallest absolute Gasteiger partial charge is 0.224 e. The Morgan fingerprint density at radius 3 is 2.48 bits per heavy atom. The molecule has 1 aromatic heterocycles. The number of carbonyl (C=O) groups is 2. The molecule has 0 spiro atoms. The maximum Gasteiger partial charge on any atom is 0.224 e. The molecule has 5 heteroatoms. The highest BCUT2D eigenvalue weighted by atomic mass is 16.3. The van der Waals surface area contributed by atoms with Crippen LogP contribution in [0.2, 0.25) is 0 Å². The van der Waals surface area contributed by atoms with Gasteiger partial charge in [0.1, 0.15) is 5.76 Å². The summed E-state index contributed by atoms with van der Waals surface area (Å²) < 4.78 is 5.24. The van der Waals surface area contributed by atoms with Crippen LogP contribution < -0.4 is 10.6 Å². The van der Waals surface area contributed by atoms with Gasteiger partial charge in [-0.15, -0.1) is 0 Å². The number of rotatable bonds is 5. The van der Waals surface area contributed by atoms with Gasteiger partial charge in [-0.25, -0.2) is 0 Å². The Hall–Kier alpha value is -2.56. The Bertz CT molecular complexity index is 603. The van der Waals surface area contributed by atoms with Crippen LogP contribution in [0.5, 0.6) is 0 Å². The van der Waals surface area contributed by atoms with Crippen LogP contribution >= 0.6 is 0 Å². The van der Waals surface area contributed by atoms with E-state index in [-0.39, 0.29) is 24.3 Å². The van der Waals surface area contributed by atoms with E-state index in [4.69, 9.17) is 4.42 Å². The molecule has 0 aliphatic heterocycles. The molecule has 2 aromatic rings. The van der Waals surface area contributed by atoms with E-state index < -0.39 is 0 Å². The molecule has 1 unspecified atom stereocenters. The zero-order valence-corrected chi connectivity index (χ0v) is 12.1. The van der Waals surface area contributed by atoms with Crippen molar-refractivity contribution < 1.29 is 14.0 Å². The van der Waals surface area contributed by atoms with Crippen LogP contribution in [0, 0.1) is 0 Å². The number of carbonyl (C=O) groups excluding carboxylic acids is 2. The first kappa shape index (κ1) is 14.8. The lowest BCUT2D eigenvalue weighted by molar-refractivity contribution is -0.121. The predicted molar refractivity (Wildman–Crippen MR) is 79.7 cm³/mol. The van der Waals surface area contributed by atoms with E-state index in [1.807, 2.05) is 25.1 Å². The lowest BCUT2D eigenvalue weighted by Crippen LogP contribution is -2.27. The topological polar surface area (TPSA) is 71.3 Å². The third kappa shape index (κ3) is 4.49. The van der Waals surface area contributed by atoms with Gasteiger partial charge in [-0.3, -0.25) is 9.59 Å². The number of furan rings is 1. The first-order chi connectivity index (χ1) is 10.0. The molecule has 0 radical (unpaired) electrons. The van der Waals surface area contributed by atoms with Crippen LogP contribution in [0.1, 0.15) is 31.2 Å². The number of nitrogens with one attached hydrogen (secondary N) is 2. The molecule has 2 amide bonds. The highest BCUT2D eigenvalue weighted by Crippen LogP contribution is 2.13. The molecule has 0 saturated carbocycles. The van der Waals surface area contributed by atoms with Gasteiger partial charge in [-0.1, -0.05) is 12.1 Å². The van der Waals surface area contributed by atoms with Gasteiger partial charge in [0, 0.05) is 12.6 Å². The van der Waals surface area contributed by atoms with Crippen LogP contribution in [0.15, 0.2) is 47.1 Å². The summed E-state index contributed by atoms with van der Waals surface area (Å²) in [6.07, 6.45) is 1.87. The molecule has 0 aliphatic rings. The maximum atomic E-state index is 12.0. The summed E-state index contributed by atoms with van der Waals surface area (Å²) in [5.41, 5.74) is 1.60. The number of anilines is 1. The summed E-state index contributed by atoms with van der Waals surface area (Å²) >= 11 is 0. The summed E-state index contributed by atoms with van der Waals surface area (Å²) in [5.74, 6) is 0.531. The molecule has 1 atom stereocenters. The Kier molecular flexibility index (Phi) is 4.77. The van der Waals surface area contributed by atoms with Gasteiger partial charge < -0.3 is 15.1 Å². The number of hydrogen-bond acceptors (Lipinski definition) is 3. The normalized spacial score (nSPS) is 11.7. The summed E-state index contributed by atoms with van der Waals surface area (Å²) in [6, 6.07) is 10.7. The average Bonchev–Trinajstić information content (AvgIpc) is 2.94. The van der Waals surface area contributed by atoms with E-state index in [0.717, 1.165) is 17.0 Å². The second-order valence-corrected chi connectivity index (χ2v) is 4.86. The molecular formula is C16H18N2O3. The van der Waals surface area contributed by atoms with Gasteiger partial charge in [0.25, 0.3) is 0 Å². The fourth-order valence-corrected chi connectivity index (χ4v) is 2.00. The fraction of sp³-hybridized carbons (Fsp3) is 0.250. The Morgan fingerprint density at radius 2 is 1.90 bits per heavy atom. The highest BCUT2D eigenvalue weighted by Gasteiger charge is 2.12. The van der Waals surface area contributed by atoms with E-state index in [1.165, 1.54) is 6.92 Å². The second kappa shape index (κ2) is 6.74. The minimum absolute atomic E-state index is 0.0776. The van der Waals surface area contributed by atoms with E-state index in [0.29, 0.717) is 0 Å². The maximum absolute atomic E-state index is 12.0. The number of amides is 2. The van der Waals surface area contributed by atoms with Gasteiger partial charge in [-0.2, -0.15) is 0 Å². The Balaban J connectivity index is 1.89. The molecule has 0 bridgehead atoms. The molecule has 21 heavy (non-hydrogen) atoms. The quantitative estimate of drug-likeness (QED) is 0.887. The number of benzene rings is 1. The van der Waals surface area contributed by atoms with Crippen molar-refractivity contribution in [1.29, 1.82) is 0 Å². The van der Waals surface area contributed by atoms with E-state index in [9.17, 15) is 9.59 Å². The van der Waals surface area contributed by atoms with Crippen molar-refractivity contribution in [3.8, 4) is 0 Å². The van der Waals surface area contributed by atoms with E-state index >= 15 is 0 Å². The van der Waals surface area contributed by atoms with E-state index in [1.54, 1.807) is 24.5 Å². The minimum Gasteiger partial charge on any atom is -0.467 e. The summed E-state index contributed by atoms with van der Waals surface area (Å²) in [6.45, 7) is 3.33. The van der Waals surface area contributed by atoms with Gasteiger partial charge in [-0.05, 0) is 36.8 Å². The SMILES string of the molecule is CC(=O)Nc1ccc(CC(=O)NC(C)c2ccco2)cc1. The average molecular weight is 286 g/mol. The first-order valence-electron chi connectivity index (χ1n) is 6.74. The lowest BCUT2D eigenvalue weighted by atomic mass is 10.1. The largest absolute Gasteiger partial charge is 0.467 e. The predicted octanol–water partition coefficient (Wildman–Crippen LogP) is 2.66. The van der Waals surface area contributed by atoms with Crippen molar-refractivity contribution in [3.63, 3.8) is 0 Å². The van der Waals surface area contributed by atoms with Crippen molar-refractivity contribution in [3.05, 3.63) is 54.0 Å². The van der Waals surface area contributed by atoms with Gasteiger partial charge in [0.05, 0.1) is 18.7 Å². The van der Waals surface area contributed by atoms with Crippen LogP contribution in [0.25, 0.3) is 0 Å². The third-order valence-corrected chi connectivity index (χ3v) is 2.99. The molecule has 0 aliphatic carbocycles. The zero-order chi connectivity index (χ0) is 15.2. The summed E-state index contributed by atoms with van der Waals surface area (Å²) in [5, 5.41) is 5.56. The third-order valence-electron chi connectivity index (χ3n) is 2.99. The molecule has 0 fully saturated rings. The van der Waals surface area contributed by atoms with Gasteiger partial charge in [0.15, 0.2) is 0 Å². The van der Waals surface area contributed by atoms with Crippen molar-refractivity contribution in [2.24, 2.45) is 0 Å². The first-order valence-corrected chi connectivity index (χ1v) is 6.74. The van der Waals surface area contributed by atoms with Gasteiger partial charge in [0.2, 0.25) is 11.8 Å². The van der Waals surface area contributed by atoms with Crippen molar-refractivity contribution in [2.45, 2.75) is 26.3 Å². The summed E-state index contributed by atoms with van der Waals surface area (Å²) in [7, 11) is 0. The van der Waals surface area contributed by atoms with Crippen LogP contribution in [0.4, 0.5) is 5.69 Å². The standard InChI is InChI=1S/C16H18N2O3/c1-11(15-4-3-9-21-15)17-16(20)10-13-5-7-14(8-6-13)18-12(2)19/h3-9,11H,10H2,1-2H3,(H,17,20)(H,18,19). The molecule has 2 N–H and O–H groups in total. The van der Waals surface area contributed by atoms with Crippen molar-refractivity contribution >= 4 is 17.5 Å². The van der Waals surface area contributed by atoms with Crippen LogP contribution in [-0.2, 0) is 16.0 Å². The molecule has 2 rings (SSSR count). The van der Waals surface area contributed by atoms with Crippen LogP contribution in [0.3, 0.4) is 0 Å². The monoisotopic (exact) mass is 286 g/mol. The molecule has 0 saturated heterocycles. The molecular weight excluding hydrogens is 268 g/mol. The van der Waals surface area contributed by atoms with Crippen molar-refractivity contribution in [1.82, 2.24) is 5.32 Å². The minimum atomic E-state index is -0.161. The van der Waals surface area contributed by atoms with Crippen molar-refractivity contribution in [2.75, 3.05) is 5.32 Å². The molecule has 5 nitrogen and oxygen atoms in total. The number of hydrogen-bond donors (Lipinski definition) is 2.